The number of carboxylic acids is 1. The van der Waals surface area contributed by atoms with Gasteiger partial charge in [-0.15, -0.1) is 5.09 Å². The molecule has 1 atom stereocenters. The van der Waals surface area contributed by atoms with Crippen LogP contribution in [0, 0.1) is 0 Å². The predicted molar refractivity (Wildman–Crippen MR) is 57.4 cm³/mol. The monoisotopic (exact) mass is 230 g/mol. The Morgan fingerprint density at radius 3 is 2.79 bits per heavy atom. The summed E-state index contributed by atoms with van der Waals surface area (Å²) in [6.07, 6.45) is 0. The molecule has 0 bridgehead atoms. The molecule has 14 heavy (non-hydrogen) atoms. The van der Waals surface area contributed by atoms with Gasteiger partial charge in [0.05, 0.1) is 0 Å². The Labute approximate surface area is 87.5 Å². The van der Waals surface area contributed by atoms with Crippen LogP contribution >= 0.6 is 7.07 Å². The van der Waals surface area contributed by atoms with Gasteiger partial charge in [0, 0.05) is 7.05 Å². The normalized spacial score (nSPS) is 10.8. The molecular weight excluding hydrogens is 221 g/mol. The minimum atomic E-state index is -1.23. The van der Waals surface area contributed by atoms with E-state index < -0.39 is 13.0 Å². The Morgan fingerprint density at radius 1 is 1.57 bits per heavy atom. The zero-order valence-electron chi connectivity index (χ0n) is 7.43. The van der Waals surface area contributed by atoms with Gasteiger partial charge in [0.15, 0.2) is 0 Å². The van der Waals surface area contributed by atoms with E-state index in [-0.39, 0.29) is 5.56 Å². The van der Waals surface area contributed by atoms with Crippen LogP contribution in [-0.4, -0.2) is 18.1 Å². The predicted octanol–water partition coefficient (Wildman–Crippen LogP) is 1.76. The summed E-state index contributed by atoms with van der Waals surface area (Å²) in [5, 5.41) is 11.6. The highest BCUT2D eigenvalue weighted by atomic mass is 32.4. The third kappa shape index (κ3) is 2.73. The fourth-order valence-corrected chi connectivity index (χ4v) is 1.53. The van der Waals surface area contributed by atoms with Crippen LogP contribution in [0.3, 0.4) is 0 Å². The summed E-state index contributed by atoms with van der Waals surface area (Å²) in [6.45, 7) is 0. The van der Waals surface area contributed by atoms with Gasteiger partial charge in [-0.3, -0.25) is 4.52 Å². The Kier molecular flexibility index (Phi) is 3.95. The van der Waals surface area contributed by atoms with Crippen LogP contribution in [0.25, 0.3) is 0 Å². The van der Waals surface area contributed by atoms with Crippen molar-refractivity contribution in [2.24, 2.45) is 0 Å². The number of rotatable bonds is 4. The summed E-state index contributed by atoms with van der Waals surface area (Å²) in [4.78, 5) is 10.8. The van der Waals surface area contributed by atoms with E-state index in [1.54, 1.807) is 25.2 Å². The van der Waals surface area contributed by atoms with E-state index in [1.165, 1.54) is 6.07 Å². The Morgan fingerprint density at radius 2 is 2.21 bits per heavy atom. The van der Waals surface area contributed by atoms with Crippen molar-refractivity contribution in [2.75, 3.05) is 7.05 Å². The number of nitrogens with one attached hydrogen (secondary N) is 1. The molecule has 0 saturated heterocycles. The van der Waals surface area contributed by atoms with E-state index >= 15 is 0 Å². The first-order valence-electron chi connectivity index (χ1n) is 3.80. The molecule has 0 radical (unpaired) electrons. The topological polar surface area (TPSA) is 58.6 Å². The maximum absolute atomic E-state index is 10.8. The van der Waals surface area contributed by atoms with Gasteiger partial charge < -0.3 is 5.11 Å². The van der Waals surface area contributed by atoms with E-state index in [0.29, 0.717) is 5.75 Å². The first-order valence-corrected chi connectivity index (χ1v) is 6.07. The van der Waals surface area contributed by atoms with Gasteiger partial charge in [0.25, 0.3) is 0 Å². The van der Waals surface area contributed by atoms with Crippen molar-refractivity contribution < 1.29 is 14.4 Å². The Hall–Kier alpha value is -1.03. The molecule has 4 nitrogen and oxygen atoms in total. The maximum Gasteiger partial charge on any atom is 0.489 e. The molecule has 0 aliphatic carbocycles. The van der Waals surface area contributed by atoms with Crippen LogP contribution in [0.4, 0.5) is 0 Å². The van der Waals surface area contributed by atoms with Crippen molar-refractivity contribution in [3.8, 4) is 5.75 Å². The minimum absolute atomic E-state index is 0.125. The number of aromatic carboxylic acids is 1. The molecule has 0 fully saturated rings. The molecule has 0 aromatic heterocycles. The van der Waals surface area contributed by atoms with Crippen LogP contribution < -0.4 is 9.61 Å². The van der Waals surface area contributed by atoms with E-state index in [4.69, 9.17) is 21.4 Å². The van der Waals surface area contributed by atoms with E-state index in [9.17, 15) is 4.79 Å². The van der Waals surface area contributed by atoms with Crippen molar-refractivity contribution in [1.29, 1.82) is 0 Å². The van der Waals surface area contributed by atoms with E-state index in [0.717, 1.165) is 0 Å². The van der Waals surface area contributed by atoms with Crippen molar-refractivity contribution in [3.05, 3.63) is 29.8 Å². The van der Waals surface area contributed by atoms with Crippen molar-refractivity contribution in [1.82, 2.24) is 5.09 Å². The molecule has 0 heterocycles. The lowest BCUT2D eigenvalue weighted by Crippen LogP contribution is -2.02. The van der Waals surface area contributed by atoms with Gasteiger partial charge in [-0.2, -0.15) is 0 Å². The molecule has 1 rings (SSSR count). The molecular formula is C8H9NO3PS+. The second kappa shape index (κ2) is 5.00. The molecule has 74 valence electrons. The SMILES string of the molecule is CN[P+](=S)Oc1ccccc1C(=O)O. The number of hydrogen-bond donors (Lipinski definition) is 2. The summed E-state index contributed by atoms with van der Waals surface area (Å²) in [5.74, 6) is -0.717. The van der Waals surface area contributed by atoms with Gasteiger partial charge in [0.1, 0.15) is 5.56 Å². The lowest BCUT2D eigenvalue weighted by atomic mass is 10.2. The second-order valence-corrected chi connectivity index (χ2v) is 4.51. The highest BCUT2D eigenvalue weighted by Crippen LogP contribution is 2.26. The fourth-order valence-electron chi connectivity index (χ4n) is 0.858. The van der Waals surface area contributed by atoms with Crippen LogP contribution in [0.2, 0.25) is 0 Å². The summed E-state index contributed by atoms with van der Waals surface area (Å²) in [5.41, 5.74) is 0.125. The highest BCUT2D eigenvalue weighted by molar-refractivity contribution is 8.02. The average molecular weight is 230 g/mol. The number of carbonyl (C=O) groups is 1. The second-order valence-electron chi connectivity index (χ2n) is 2.37. The summed E-state index contributed by atoms with van der Waals surface area (Å²) in [6, 6.07) is 6.41. The van der Waals surface area contributed by atoms with Crippen molar-refractivity contribution in [2.45, 2.75) is 0 Å². The molecule has 1 aromatic rings. The number of para-hydroxylation sites is 1. The fraction of sp³-hybridized carbons (Fsp3) is 0.125. The van der Waals surface area contributed by atoms with Crippen LogP contribution in [0.15, 0.2) is 24.3 Å². The molecule has 0 amide bonds. The third-order valence-electron chi connectivity index (χ3n) is 1.48. The zero-order chi connectivity index (χ0) is 10.6. The Balaban J connectivity index is 2.95. The standard InChI is InChI=1S/C8H8NO3PS/c1-9-13(14)12-7-5-3-2-4-6(7)8(10)11/h2-5H,1H3,(H-,9,10,11,14)/p+1. The molecule has 0 saturated carbocycles. The lowest BCUT2D eigenvalue weighted by molar-refractivity contribution is 0.0695. The third-order valence-corrected chi connectivity index (χ3v) is 2.98. The molecule has 2 N–H and O–H groups in total. The molecule has 6 heteroatoms. The molecule has 0 aliphatic heterocycles. The summed E-state index contributed by atoms with van der Waals surface area (Å²) < 4.78 is 5.24. The summed E-state index contributed by atoms with van der Waals surface area (Å²) in [7, 11) is 0.443. The first-order chi connectivity index (χ1) is 6.65. The zero-order valence-corrected chi connectivity index (χ0v) is 9.14. The smallest absolute Gasteiger partial charge is 0.478 e. The first kappa shape index (κ1) is 11.0. The van der Waals surface area contributed by atoms with Gasteiger partial charge in [-0.05, 0) is 12.1 Å². The maximum atomic E-state index is 10.8. The van der Waals surface area contributed by atoms with E-state index in [1.807, 2.05) is 0 Å². The van der Waals surface area contributed by atoms with Crippen LogP contribution in [0.1, 0.15) is 10.4 Å². The van der Waals surface area contributed by atoms with Crippen LogP contribution in [0.5, 0.6) is 5.75 Å². The van der Waals surface area contributed by atoms with Crippen LogP contribution in [-0.2, 0) is 11.8 Å². The Bertz CT molecular complexity index is 369. The molecule has 1 aromatic carbocycles. The largest absolute Gasteiger partial charge is 0.489 e. The minimum Gasteiger partial charge on any atom is -0.478 e. The highest BCUT2D eigenvalue weighted by Gasteiger charge is 2.17. The van der Waals surface area contributed by atoms with Gasteiger partial charge >= 0.3 is 13.0 Å². The number of hydrogen-bond acceptors (Lipinski definition) is 3. The lowest BCUT2D eigenvalue weighted by Gasteiger charge is -1.98. The molecule has 1 unspecified atom stereocenters. The van der Waals surface area contributed by atoms with Gasteiger partial charge in [0.2, 0.25) is 17.6 Å². The molecule has 0 aliphatic rings. The quantitative estimate of drug-likeness (QED) is 0.772. The van der Waals surface area contributed by atoms with Crippen molar-refractivity contribution >= 4 is 24.9 Å². The van der Waals surface area contributed by atoms with Crippen molar-refractivity contribution in [3.63, 3.8) is 0 Å². The molecule has 0 spiro atoms. The van der Waals surface area contributed by atoms with E-state index in [2.05, 4.69) is 5.09 Å². The van der Waals surface area contributed by atoms with Gasteiger partial charge in [-0.25, -0.2) is 4.79 Å². The van der Waals surface area contributed by atoms with Gasteiger partial charge in [-0.1, -0.05) is 12.1 Å². The number of benzene rings is 1. The number of carboxylic acid groups (broad SMARTS) is 1. The average Bonchev–Trinajstić information content (AvgIpc) is 2.18. The summed E-state index contributed by atoms with van der Waals surface area (Å²) >= 11 is 4.91.